The van der Waals surface area contributed by atoms with Crippen molar-refractivity contribution in [3.8, 4) is 0 Å². The van der Waals surface area contributed by atoms with Gasteiger partial charge in [-0.1, -0.05) is 13.8 Å². The lowest BCUT2D eigenvalue weighted by Gasteiger charge is -2.29. The maximum absolute atomic E-state index is 13.4. The third kappa shape index (κ3) is 6.89. The molecular formula is C23H30F5N5O3. The van der Waals surface area contributed by atoms with Crippen molar-refractivity contribution in [2.45, 2.75) is 76.6 Å². The van der Waals surface area contributed by atoms with Crippen molar-refractivity contribution in [3.63, 3.8) is 0 Å². The fourth-order valence-electron chi connectivity index (χ4n) is 4.60. The molecule has 200 valence electrons. The lowest BCUT2D eigenvalue weighted by atomic mass is 9.81. The summed E-state index contributed by atoms with van der Waals surface area (Å²) in [5.41, 5.74) is 6.71. The molecule has 2 aliphatic rings. The first-order valence-corrected chi connectivity index (χ1v) is 11.8. The molecule has 1 amide bonds. The number of quaternary nitrogens is 1. The quantitative estimate of drug-likeness (QED) is 0.583. The van der Waals surface area contributed by atoms with E-state index in [1.165, 1.54) is 0 Å². The Hall–Kier alpha value is -2.83. The van der Waals surface area contributed by atoms with E-state index < -0.39 is 18.1 Å². The van der Waals surface area contributed by atoms with Crippen LogP contribution in [0.4, 0.5) is 22.0 Å². The number of nitrogens with zero attached hydrogens (tertiary/aromatic N) is 3. The van der Waals surface area contributed by atoms with Crippen LogP contribution in [-0.2, 0) is 16.0 Å². The van der Waals surface area contributed by atoms with Crippen molar-refractivity contribution in [2.75, 3.05) is 0 Å². The number of carbonyl (C=O) groups is 2. The average molecular weight is 520 g/mol. The smallest absolute Gasteiger partial charge is 0.430 e. The third-order valence-corrected chi connectivity index (χ3v) is 6.86. The molecule has 1 saturated heterocycles. The van der Waals surface area contributed by atoms with E-state index in [2.05, 4.69) is 35.0 Å². The summed E-state index contributed by atoms with van der Waals surface area (Å²) in [5.74, 6) is -4.92. The molecule has 1 aliphatic carbocycles. The van der Waals surface area contributed by atoms with Gasteiger partial charge in [-0.25, -0.2) is 18.3 Å². The number of hydrogen-bond acceptors (Lipinski definition) is 5. The summed E-state index contributed by atoms with van der Waals surface area (Å²) in [4.78, 5) is 25.7. The molecule has 0 spiro atoms. The number of rotatable bonds is 5. The summed E-state index contributed by atoms with van der Waals surface area (Å²) in [6.07, 6.45) is 0.735. The lowest BCUT2D eigenvalue weighted by molar-refractivity contribution is -0.443. The molecule has 36 heavy (non-hydrogen) atoms. The van der Waals surface area contributed by atoms with Crippen LogP contribution in [0.1, 0.15) is 63.3 Å². The van der Waals surface area contributed by atoms with Crippen LogP contribution in [0.15, 0.2) is 18.5 Å². The van der Waals surface area contributed by atoms with Crippen molar-refractivity contribution in [1.82, 2.24) is 19.9 Å². The van der Waals surface area contributed by atoms with E-state index in [-0.39, 0.29) is 42.7 Å². The zero-order valence-corrected chi connectivity index (χ0v) is 20.0. The minimum Gasteiger partial charge on any atom is -0.542 e. The largest absolute Gasteiger partial charge is 0.542 e. The van der Waals surface area contributed by atoms with Crippen molar-refractivity contribution in [1.29, 1.82) is 0 Å². The summed E-state index contributed by atoms with van der Waals surface area (Å²) in [7, 11) is 0. The zero-order valence-electron chi connectivity index (χ0n) is 20.0. The van der Waals surface area contributed by atoms with Gasteiger partial charge in [0.1, 0.15) is 17.7 Å². The van der Waals surface area contributed by atoms with E-state index >= 15 is 0 Å². The standard InChI is InChI=1S/C21H29F2N5O.C2HF3O2/c1-12(2)16-9-15(20(29)27-16)7-13-8-18-26-17(11-28(18)25-10-13)19(24)14-3-5-21(22,23)6-4-14;3-2(4,5)1(6)7/h8,10-12,14-16,19H,3-7,9,24H2,1-2H3,(H,27,29);(H,6,7)/t15?,16?,19-;/m0./s1. The fourth-order valence-corrected chi connectivity index (χ4v) is 4.60. The van der Waals surface area contributed by atoms with Gasteiger partial charge in [0.15, 0.2) is 5.65 Å². The maximum Gasteiger partial charge on any atom is 0.430 e. The molecule has 3 heterocycles. The first kappa shape index (κ1) is 27.8. The van der Waals surface area contributed by atoms with E-state index in [0.29, 0.717) is 30.8 Å². The minimum absolute atomic E-state index is 0.0365. The normalized spacial score (nSPS) is 23.3. The second-order valence-electron chi connectivity index (χ2n) is 9.91. The molecule has 0 radical (unpaired) electrons. The lowest BCUT2D eigenvalue weighted by Crippen LogP contribution is -2.57. The predicted molar refractivity (Wildman–Crippen MR) is 115 cm³/mol. The number of carbonyl (C=O) groups excluding carboxylic acids is 2. The average Bonchev–Trinajstić information content (AvgIpc) is 3.36. The van der Waals surface area contributed by atoms with Crippen LogP contribution in [0.3, 0.4) is 0 Å². The van der Waals surface area contributed by atoms with Crippen LogP contribution >= 0.6 is 0 Å². The van der Waals surface area contributed by atoms with E-state index in [1.807, 2.05) is 12.3 Å². The maximum atomic E-state index is 13.4. The summed E-state index contributed by atoms with van der Waals surface area (Å²) >= 11 is 0. The number of halogens is 5. The second-order valence-corrected chi connectivity index (χ2v) is 9.91. The van der Waals surface area contributed by atoms with E-state index in [1.54, 1.807) is 10.7 Å². The molecule has 0 aromatic carbocycles. The van der Waals surface area contributed by atoms with Crippen LogP contribution in [0, 0.1) is 17.8 Å². The fraction of sp³-hybridized carbons (Fsp3) is 0.652. The van der Waals surface area contributed by atoms with E-state index in [4.69, 9.17) is 9.90 Å². The number of fused-ring (bicyclic) bond motifs is 1. The molecule has 8 nitrogen and oxygen atoms in total. The summed E-state index contributed by atoms with van der Waals surface area (Å²) in [6, 6.07) is 2.08. The molecule has 0 bridgehead atoms. The zero-order chi connectivity index (χ0) is 26.8. The van der Waals surface area contributed by atoms with Gasteiger partial charge in [-0.05, 0) is 43.2 Å². The topological polar surface area (TPSA) is 127 Å². The summed E-state index contributed by atoms with van der Waals surface area (Å²) < 4.78 is 60.1. The monoisotopic (exact) mass is 519 g/mol. The van der Waals surface area contributed by atoms with Gasteiger partial charge in [0, 0.05) is 30.7 Å². The van der Waals surface area contributed by atoms with Gasteiger partial charge in [0.05, 0.1) is 12.4 Å². The van der Waals surface area contributed by atoms with Gasteiger partial charge >= 0.3 is 6.18 Å². The van der Waals surface area contributed by atoms with Gasteiger partial charge in [-0.3, -0.25) is 4.79 Å². The molecular weight excluding hydrogens is 489 g/mol. The Morgan fingerprint density at radius 3 is 2.44 bits per heavy atom. The number of aliphatic carboxylic acids is 1. The SMILES string of the molecule is CC(C)C1CC(Cc2cnn3cc([C@@H]([NH3+])C4CCC(F)(F)CC4)nc3c2)C(=O)N1.O=C([O-])C(F)(F)F. The van der Waals surface area contributed by atoms with Crippen LogP contribution in [0.2, 0.25) is 0 Å². The molecule has 4 N–H and O–H groups in total. The van der Waals surface area contributed by atoms with Crippen molar-refractivity contribution < 1.29 is 42.4 Å². The highest BCUT2D eigenvalue weighted by Gasteiger charge is 2.39. The molecule has 1 saturated carbocycles. The number of imidazole rings is 1. The Morgan fingerprint density at radius 2 is 1.92 bits per heavy atom. The summed E-state index contributed by atoms with van der Waals surface area (Å²) in [5, 5.41) is 16.3. The molecule has 13 heteroatoms. The Morgan fingerprint density at radius 1 is 1.31 bits per heavy atom. The predicted octanol–water partition coefficient (Wildman–Crippen LogP) is 1.84. The Bertz CT molecular complexity index is 1080. The highest BCUT2D eigenvalue weighted by molar-refractivity contribution is 5.81. The number of carboxylic acids is 1. The third-order valence-electron chi connectivity index (χ3n) is 6.86. The number of amides is 1. The van der Waals surface area contributed by atoms with Crippen molar-refractivity contribution in [2.24, 2.45) is 17.8 Å². The van der Waals surface area contributed by atoms with Crippen LogP contribution in [-0.4, -0.2) is 44.6 Å². The van der Waals surface area contributed by atoms with Gasteiger partial charge in [0.2, 0.25) is 11.8 Å². The highest BCUT2D eigenvalue weighted by Crippen LogP contribution is 2.39. The molecule has 2 aromatic heterocycles. The van der Waals surface area contributed by atoms with Gasteiger partial charge in [-0.2, -0.15) is 18.3 Å². The minimum atomic E-state index is -5.19. The van der Waals surface area contributed by atoms with Crippen LogP contribution in [0.5, 0.6) is 0 Å². The second kappa shape index (κ2) is 10.7. The number of carboxylic acid groups (broad SMARTS) is 1. The molecule has 4 rings (SSSR count). The molecule has 2 aromatic rings. The van der Waals surface area contributed by atoms with Crippen molar-refractivity contribution in [3.05, 3.63) is 29.7 Å². The Balaban J connectivity index is 0.000000454. The molecule has 2 fully saturated rings. The van der Waals surface area contributed by atoms with Crippen LogP contribution < -0.4 is 16.2 Å². The van der Waals surface area contributed by atoms with Crippen LogP contribution in [0.25, 0.3) is 5.65 Å². The number of aromatic nitrogens is 3. The van der Waals surface area contributed by atoms with Gasteiger partial charge < -0.3 is 21.0 Å². The van der Waals surface area contributed by atoms with Gasteiger partial charge in [0.25, 0.3) is 0 Å². The highest BCUT2D eigenvalue weighted by atomic mass is 19.4. The number of hydrogen-bond donors (Lipinski definition) is 2. The van der Waals surface area contributed by atoms with Crippen molar-refractivity contribution >= 4 is 17.5 Å². The van der Waals surface area contributed by atoms with E-state index in [0.717, 1.165) is 17.7 Å². The Kier molecular flexibility index (Phi) is 8.21. The van der Waals surface area contributed by atoms with Gasteiger partial charge in [-0.15, -0.1) is 0 Å². The summed E-state index contributed by atoms with van der Waals surface area (Å²) in [6.45, 7) is 4.24. The molecule has 1 aliphatic heterocycles. The Labute approximate surface area is 204 Å². The number of nitrogens with one attached hydrogen (secondary N) is 1. The first-order valence-electron chi connectivity index (χ1n) is 11.8. The molecule has 3 atom stereocenters. The molecule has 2 unspecified atom stereocenters. The van der Waals surface area contributed by atoms with E-state index in [9.17, 15) is 26.7 Å². The number of alkyl halides is 5. The first-order chi connectivity index (χ1) is 16.7.